The third-order valence-corrected chi connectivity index (χ3v) is 2.76. The number of nitrogens with one attached hydrogen (secondary N) is 1. The Kier molecular flexibility index (Phi) is 2.72. The van der Waals surface area contributed by atoms with Crippen molar-refractivity contribution in [2.75, 3.05) is 32.5 Å². The molecule has 0 amide bonds. The number of aromatic nitrogens is 1. The molecular weight excluding hydrogens is 178 g/mol. The molecule has 0 radical (unpaired) electrons. The number of oxazole rings is 1. The van der Waals surface area contributed by atoms with Crippen LogP contribution >= 0.6 is 0 Å². The van der Waals surface area contributed by atoms with E-state index in [0.29, 0.717) is 11.9 Å². The van der Waals surface area contributed by atoms with E-state index in [-0.39, 0.29) is 0 Å². The molecule has 1 aromatic rings. The first-order valence-electron chi connectivity index (χ1n) is 5.11. The van der Waals surface area contributed by atoms with Gasteiger partial charge in [0.05, 0.1) is 6.20 Å². The van der Waals surface area contributed by atoms with Crippen molar-refractivity contribution >= 4 is 6.01 Å². The van der Waals surface area contributed by atoms with E-state index in [2.05, 4.69) is 22.2 Å². The van der Waals surface area contributed by atoms with Crippen LogP contribution in [0.3, 0.4) is 0 Å². The Labute approximate surface area is 84.3 Å². The minimum atomic E-state index is 0.517. The van der Waals surface area contributed by atoms with Gasteiger partial charge in [-0.2, -0.15) is 0 Å². The smallest absolute Gasteiger partial charge is 0.294 e. The molecule has 2 heterocycles. The highest BCUT2D eigenvalue weighted by atomic mass is 16.4. The lowest BCUT2D eigenvalue weighted by Crippen LogP contribution is -2.30. The van der Waals surface area contributed by atoms with Crippen LogP contribution in [0.2, 0.25) is 0 Å². The predicted octanol–water partition coefficient (Wildman–Crippen LogP) is 1.53. The molecule has 0 bridgehead atoms. The Hall–Kier alpha value is -1.03. The van der Waals surface area contributed by atoms with Gasteiger partial charge in [-0.3, -0.25) is 0 Å². The molecule has 4 nitrogen and oxygen atoms in total. The Bertz CT molecular complexity index is 297. The second-order valence-corrected chi connectivity index (χ2v) is 3.92. The third-order valence-electron chi connectivity index (χ3n) is 2.76. The number of anilines is 1. The van der Waals surface area contributed by atoms with E-state index in [9.17, 15) is 0 Å². The van der Waals surface area contributed by atoms with Crippen molar-refractivity contribution in [2.45, 2.75) is 18.8 Å². The fraction of sp³-hybridized carbons (Fsp3) is 0.700. The maximum Gasteiger partial charge on any atom is 0.294 e. The molecule has 0 aromatic carbocycles. The second kappa shape index (κ2) is 4.00. The summed E-state index contributed by atoms with van der Waals surface area (Å²) in [6.45, 7) is 2.28. The average molecular weight is 195 g/mol. The van der Waals surface area contributed by atoms with Crippen molar-refractivity contribution in [3.63, 3.8) is 0 Å². The minimum absolute atomic E-state index is 0.517. The Morgan fingerprint density at radius 1 is 1.64 bits per heavy atom. The molecule has 4 heteroatoms. The highest BCUT2D eigenvalue weighted by Crippen LogP contribution is 2.27. The van der Waals surface area contributed by atoms with E-state index >= 15 is 0 Å². The molecule has 1 aliphatic heterocycles. The zero-order valence-electron chi connectivity index (χ0n) is 8.79. The molecule has 0 saturated carbocycles. The topological polar surface area (TPSA) is 41.3 Å². The predicted molar refractivity (Wildman–Crippen MR) is 55.5 cm³/mol. The standard InChI is InChI=1S/C10H17N3O/c1-11-10-12-6-9(14-10)8-4-3-5-13(2)7-8/h6,8H,3-5,7H2,1-2H3,(H,11,12). The average Bonchev–Trinajstić information content (AvgIpc) is 2.66. The van der Waals surface area contributed by atoms with Crippen LogP contribution in [0.4, 0.5) is 6.01 Å². The van der Waals surface area contributed by atoms with Crippen molar-refractivity contribution < 1.29 is 4.42 Å². The van der Waals surface area contributed by atoms with Crippen molar-refractivity contribution in [3.05, 3.63) is 12.0 Å². The molecule has 1 N–H and O–H groups in total. The van der Waals surface area contributed by atoms with E-state index in [1.54, 1.807) is 0 Å². The third kappa shape index (κ3) is 1.90. The summed E-state index contributed by atoms with van der Waals surface area (Å²) in [5, 5.41) is 2.91. The van der Waals surface area contributed by atoms with Gasteiger partial charge in [-0.1, -0.05) is 0 Å². The summed E-state index contributed by atoms with van der Waals surface area (Å²) in [7, 11) is 3.98. The van der Waals surface area contributed by atoms with Crippen molar-refractivity contribution in [2.24, 2.45) is 0 Å². The van der Waals surface area contributed by atoms with Crippen LogP contribution in [0, 0.1) is 0 Å². The lowest BCUT2D eigenvalue weighted by Gasteiger charge is -2.27. The monoisotopic (exact) mass is 195 g/mol. The summed E-state index contributed by atoms with van der Waals surface area (Å²) in [6, 6.07) is 0.619. The van der Waals surface area contributed by atoms with Gasteiger partial charge in [0.15, 0.2) is 0 Å². The van der Waals surface area contributed by atoms with Gasteiger partial charge in [0.2, 0.25) is 0 Å². The van der Waals surface area contributed by atoms with E-state index in [1.165, 1.54) is 19.4 Å². The number of likely N-dealkylation sites (N-methyl/N-ethyl adjacent to an activating group) is 1. The molecule has 1 saturated heterocycles. The molecule has 14 heavy (non-hydrogen) atoms. The van der Waals surface area contributed by atoms with Gasteiger partial charge in [0.25, 0.3) is 6.01 Å². The number of hydrogen-bond acceptors (Lipinski definition) is 4. The summed E-state index contributed by atoms with van der Waals surface area (Å²) in [5.74, 6) is 1.53. The van der Waals surface area contributed by atoms with Gasteiger partial charge in [-0.15, -0.1) is 0 Å². The Morgan fingerprint density at radius 2 is 2.50 bits per heavy atom. The maximum atomic E-state index is 5.57. The molecule has 1 unspecified atom stereocenters. The normalized spacial score (nSPS) is 23.7. The van der Waals surface area contributed by atoms with E-state index in [1.807, 2.05) is 13.2 Å². The van der Waals surface area contributed by atoms with Crippen molar-refractivity contribution in [1.29, 1.82) is 0 Å². The van der Waals surface area contributed by atoms with Crippen LogP contribution in [0.5, 0.6) is 0 Å². The molecular formula is C10H17N3O. The van der Waals surface area contributed by atoms with Crippen molar-refractivity contribution in [1.82, 2.24) is 9.88 Å². The molecule has 2 rings (SSSR count). The van der Waals surface area contributed by atoms with Gasteiger partial charge < -0.3 is 14.6 Å². The second-order valence-electron chi connectivity index (χ2n) is 3.92. The van der Waals surface area contributed by atoms with Gasteiger partial charge in [-0.25, -0.2) is 4.98 Å². The van der Waals surface area contributed by atoms with Crippen molar-refractivity contribution in [3.8, 4) is 0 Å². The van der Waals surface area contributed by atoms with Gasteiger partial charge in [-0.05, 0) is 26.4 Å². The van der Waals surface area contributed by atoms with Crippen LogP contribution in [0.1, 0.15) is 24.5 Å². The maximum absolute atomic E-state index is 5.57. The molecule has 0 aliphatic carbocycles. The summed E-state index contributed by atoms with van der Waals surface area (Å²) < 4.78 is 5.57. The minimum Gasteiger partial charge on any atom is -0.428 e. The van der Waals surface area contributed by atoms with E-state index in [0.717, 1.165) is 12.3 Å². The summed E-state index contributed by atoms with van der Waals surface area (Å²) in [5.41, 5.74) is 0. The molecule has 0 spiro atoms. The van der Waals surface area contributed by atoms with Crippen LogP contribution in [0.15, 0.2) is 10.6 Å². The van der Waals surface area contributed by atoms with Crippen LogP contribution in [0.25, 0.3) is 0 Å². The Balaban J connectivity index is 2.06. The fourth-order valence-electron chi connectivity index (χ4n) is 1.99. The number of piperidine rings is 1. The molecule has 1 aliphatic rings. The lowest BCUT2D eigenvalue weighted by atomic mass is 9.97. The summed E-state index contributed by atoms with van der Waals surface area (Å²) >= 11 is 0. The Morgan fingerprint density at radius 3 is 3.14 bits per heavy atom. The number of likely N-dealkylation sites (tertiary alicyclic amines) is 1. The zero-order chi connectivity index (χ0) is 9.97. The van der Waals surface area contributed by atoms with Crippen LogP contribution in [-0.2, 0) is 0 Å². The van der Waals surface area contributed by atoms with E-state index in [4.69, 9.17) is 4.42 Å². The molecule has 78 valence electrons. The first kappa shape index (κ1) is 9.52. The van der Waals surface area contributed by atoms with Crippen LogP contribution in [-0.4, -0.2) is 37.1 Å². The zero-order valence-corrected chi connectivity index (χ0v) is 8.79. The van der Waals surface area contributed by atoms with Gasteiger partial charge >= 0.3 is 0 Å². The first-order chi connectivity index (χ1) is 6.79. The van der Waals surface area contributed by atoms with E-state index < -0.39 is 0 Å². The number of nitrogens with zero attached hydrogens (tertiary/aromatic N) is 2. The SMILES string of the molecule is CNc1ncc(C2CCCN(C)C2)o1. The summed E-state index contributed by atoms with van der Waals surface area (Å²) in [4.78, 5) is 6.48. The summed E-state index contributed by atoms with van der Waals surface area (Å²) in [6.07, 6.45) is 4.30. The quantitative estimate of drug-likeness (QED) is 0.777. The van der Waals surface area contributed by atoms with Gasteiger partial charge in [0, 0.05) is 19.5 Å². The van der Waals surface area contributed by atoms with Gasteiger partial charge in [0.1, 0.15) is 5.76 Å². The number of rotatable bonds is 2. The highest BCUT2D eigenvalue weighted by molar-refractivity contribution is 5.20. The number of hydrogen-bond donors (Lipinski definition) is 1. The highest BCUT2D eigenvalue weighted by Gasteiger charge is 2.22. The molecule has 1 fully saturated rings. The van der Waals surface area contributed by atoms with Crippen LogP contribution < -0.4 is 5.32 Å². The fourth-order valence-corrected chi connectivity index (χ4v) is 1.99. The molecule has 1 aromatic heterocycles. The largest absolute Gasteiger partial charge is 0.428 e. The lowest BCUT2D eigenvalue weighted by molar-refractivity contribution is 0.235. The first-order valence-corrected chi connectivity index (χ1v) is 5.11. The molecule has 1 atom stereocenters.